The number of methoxy groups -OCH3 is 1. The van der Waals surface area contributed by atoms with E-state index in [4.69, 9.17) is 4.74 Å². The summed E-state index contributed by atoms with van der Waals surface area (Å²) in [6.07, 6.45) is 3.69. The van der Waals surface area contributed by atoms with Gasteiger partial charge in [-0.15, -0.1) is 0 Å². The van der Waals surface area contributed by atoms with Crippen molar-refractivity contribution in [3.63, 3.8) is 0 Å². The smallest absolute Gasteiger partial charge is 0.262 e. The molecular formula is C23H26N2O3S. The Balaban J connectivity index is 1.81. The van der Waals surface area contributed by atoms with Crippen LogP contribution in [0, 0.1) is 0 Å². The predicted molar refractivity (Wildman–Crippen MR) is 118 cm³/mol. The fourth-order valence-electron chi connectivity index (χ4n) is 3.18. The number of carbonyl (C=O) groups is 2. The SMILES string of the molecule is CCCN(CCC)C(=O)c1ccc2c(c1)NC(=O)C(=Cc1ccc(OC)cc1)S2. The van der Waals surface area contributed by atoms with E-state index in [1.54, 1.807) is 13.2 Å². The van der Waals surface area contributed by atoms with Crippen molar-refractivity contribution < 1.29 is 14.3 Å². The lowest BCUT2D eigenvalue weighted by Crippen LogP contribution is -2.32. The van der Waals surface area contributed by atoms with Crippen molar-refractivity contribution in [2.45, 2.75) is 31.6 Å². The van der Waals surface area contributed by atoms with Crippen molar-refractivity contribution in [1.29, 1.82) is 0 Å². The Labute approximate surface area is 176 Å². The van der Waals surface area contributed by atoms with Gasteiger partial charge in [-0.1, -0.05) is 37.7 Å². The third-order valence-corrected chi connectivity index (χ3v) is 5.71. The largest absolute Gasteiger partial charge is 0.497 e. The monoisotopic (exact) mass is 410 g/mol. The van der Waals surface area contributed by atoms with Crippen LogP contribution in [0.5, 0.6) is 5.75 Å². The van der Waals surface area contributed by atoms with Gasteiger partial charge in [0.1, 0.15) is 5.75 Å². The minimum Gasteiger partial charge on any atom is -0.497 e. The van der Waals surface area contributed by atoms with Crippen LogP contribution in [0.25, 0.3) is 6.08 Å². The molecule has 2 aromatic carbocycles. The van der Waals surface area contributed by atoms with Crippen molar-refractivity contribution in [2.24, 2.45) is 0 Å². The predicted octanol–water partition coefficient (Wildman–Crippen LogP) is 5.04. The Hall–Kier alpha value is -2.73. The molecule has 1 heterocycles. The normalized spacial score (nSPS) is 14.3. The molecule has 6 heteroatoms. The summed E-state index contributed by atoms with van der Waals surface area (Å²) in [6.45, 7) is 5.60. The van der Waals surface area contributed by atoms with Gasteiger partial charge in [0.15, 0.2) is 0 Å². The number of anilines is 1. The lowest BCUT2D eigenvalue weighted by Gasteiger charge is -2.23. The number of thioether (sulfide) groups is 1. The first kappa shape index (κ1) is 21.0. The number of hydrogen-bond donors (Lipinski definition) is 1. The van der Waals surface area contributed by atoms with E-state index < -0.39 is 0 Å². The van der Waals surface area contributed by atoms with Crippen molar-refractivity contribution >= 4 is 35.3 Å². The molecule has 3 rings (SSSR count). The third-order valence-electron chi connectivity index (χ3n) is 4.61. The van der Waals surface area contributed by atoms with Crippen LogP contribution in [-0.4, -0.2) is 36.9 Å². The molecule has 29 heavy (non-hydrogen) atoms. The Bertz CT molecular complexity index is 916. The maximum Gasteiger partial charge on any atom is 0.262 e. The van der Waals surface area contributed by atoms with Gasteiger partial charge in [-0.3, -0.25) is 9.59 Å². The number of nitrogens with zero attached hydrogens (tertiary/aromatic N) is 1. The van der Waals surface area contributed by atoms with Gasteiger partial charge in [-0.2, -0.15) is 0 Å². The van der Waals surface area contributed by atoms with E-state index in [0.29, 0.717) is 16.2 Å². The average Bonchev–Trinajstić information content (AvgIpc) is 2.74. The summed E-state index contributed by atoms with van der Waals surface area (Å²) in [5.74, 6) is 0.618. The summed E-state index contributed by atoms with van der Waals surface area (Å²) in [4.78, 5) is 28.8. The molecule has 0 aromatic heterocycles. The topological polar surface area (TPSA) is 58.6 Å². The van der Waals surface area contributed by atoms with Gasteiger partial charge in [0.05, 0.1) is 17.7 Å². The fourth-order valence-corrected chi connectivity index (χ4v) is 4.11. The fraction of sp³-hybridized carbons (Fsp3) is 0.304. The van der Waals surface area contributed by atoms with E-state index >= 15 is 0 Å². The zero-order chi connectivity index (χ0) is 20.8. The Morgan fingerprint density at radius 3 is 2.41 bits per heavy atom. The second-order valence-corrected chi connectivity index (χ2v) is 7.92. The highest BCUT2D eigenvalue weighted by atomic mass is 32.2. The molecule has 1 aliphatic rings. The maximum absolute atomic E-state index is 12.8. The minimum absolute atomic E-state index is 0.00956. The molecule has 0 aliphatic carbocycles. The molecule has 0 atom stereocenters. The molecule has 2 aromatic rings. The summed E-state index contributed by atoms with van der Waals surface area (Å²) in [5, 5.41) is 2.93. The van der Waals surface area contributed by atoms with E-state index in [2.05, 4.69) is 19.2 Å². The molecule has 0 saturated carbocycles. The van der Waals surface area contributed by atoms with E-state index in [9.17, 15) is 9.59 Å². The molecule has 0 radical (unpaired) electrons. The maximum atomic E-state index is 12.8. The highest BCUT2D eigenvalue weighted by Gasteiger charge is 2.23. The van der Waals surface area contributed by atoms with Gasteiger partial charge in [0.25, 0.3) is 11.8 Å². The molecule has 5 nitrogen and oxygen atoms in total. The Kier molecular flexibility index (Phi) is 6.99. The van der Waals surface area contributed by atoms with Gasteiger partial charge < -0.3 is 15.0 Å². The van der Waals surface area contributed by atoms with Crippen LogP contribution >= 0.6 is 11.8 Å². The number of amides is 2. The minimum atomic E-state index is -0.165. The molecule has 0 unspecified atom stereocenters. The van der Waals surface area contributed by atoms with Gasteiger partial charge in [-0.25, -0.2) is 0 Å². The highest BCUT2D eigenvalue weighted by molar-refractivity contribution is 8.04. The quantitative estimate of drug-likeness (QED) is 0.650. The number of ether oxygens (including phenoxy) is 1. The Morgan fingerprint density at radius 1 is 1.10 bits per heavy atom. The number of hydrogen-bond acceptors (Lipinski definition) is 4. The molecule has 152 valence electrons. The van der Waals surface area contributed by atoms with E-state index in [1.807, 2.05) is 47.4 Å². The molecule has 1 N–H and O–H groups in total. The number of carbonyl (C=O) groups excluding carboxylic acids is 2. The first-order chi connectivity index (χ1) is 14.0. The molecule has 0 fully saturated rings. The van der Waals surface area contributed by atoms with Crippen LogP contribution in [0.1, 0.15) is 42.6 Å². The standard InChI is InChI=1S/C23H26N2O3S/c1-4-12-25(13-5-2)23(27)17-8-11-20-19(15-17)24-22(26)21(29-20)14-16-6-9-18(28-3)10-7-16/h6-11,14-15H,4-5,12-13H2,1-3H3,(H,24,26). The number of rotatable bonds is 7. The third kappa shape index (κ3) is 5.01. The number of benzene rings is 2. The summed E-state index contributed by atoms with van der Waals surface area (Å²) < 4.78 is 5.17. The first-order valence-corrected chi connectivity index (χ1v) is 10.7. The molecule has 0 bridgehead atoms. The van der Waals surface area contributed by atoms with Crippen LogP contribution in [0.2, 0.25) is 0 Å². The molecule has 0 saturated heterocycles. The van der Waals surface area contributed by atoms with Crippen LogP contribution in [0.4, 0.5) is 5.69 Å². The van der Waals surface area contributed by atoms with Gasteiger partial charge in [-0.05, 0) is 54.8 Å². The lowest BCUT2D eigenvalue weighted by atomic mass is 10.1. The van der Waals surface area contributed by atoms with Crippen LogP contribution in [0.15, 0.2) is 52.3 Å². The van der Waals surface area contributed by atoms with Crippen molar-refractivity contribution in [3.05, 3.63) is 58.5 Å². The summed E-state index contributed by atoms with van der Waals surface area (Å²) >= 11 is 1.41. The van der Waals surface area contributed by atoms with Crippen LogP contribution in [-0.2, 0) is 4.79 Å². The first-order valence-electron chi connectivity index (χ1n) is 9.84. The van der Waals surface area contributed by atoms with E-state index in [1.165, 1.54) is 11.8 Å². The summed E-state index contributed by atoms with van der Waals surface area (Å²) in [5.41, 5.74) is 2.22. The van der Waals surface area contributed by atoms with E-state index in [-0.39, 0.29) is 11.8 Å². The van der Waals surface area contributed by atoms with Crippen LogP contribution in [0.3, 0.4) is 0 Å². The Morgan fingerprint density at radius 2 is 1.79 bits per heavy atom. The second kappa shape index (κ2) is 9.65. The van der Waals surface area contributed by atoms with Crippen molar-refractivity contribution in [1.82, 2.24) is 4.90 Å². The van der Waals surface area contributed by atoms with Crippen molar-refractivity contribution in [3.8, 4) is 5.75 Å². The zero-order valence-corrected chi connectivity index (χ0v) is 17.8. The molecule has 1 aliphatic heterocycles. The van der Waals surface area contributed by atoms with Gasteiger partial charge >= 0.3 is 0 Å². The van der Waals surface area contributed by atoms with Crippen LogP contribution < -0.4 is 10.1 Å². The summed E-state index contributed by atoms with van der Waals surface area (Å²) in [7, 11) is 1.62. The summed E-state index contributed by atoms with van der Waals surface area (Å²) in [6, 6.07) is 13.1. The molecular weight excluding hydrogens is 384 g/mol. The van der Waals surface area contributed by atoms with Gasteiger partial charge in [0.2, 0.25) is 0 Å². The lowest BCUT2D eigenvalue weighted by molar-refractivity contribution is -0.112. The van der Waals surface area contributed by atoms with Gasteiger partial charge in [0, 0.05) is 23.5 Å². The zero-order valence-electron chi connectivity index (χ0n) is 17.0. The highest BCUT2D eigenvalue weighted by Crippen LogP contribution is 2.39. The number of fused-ring (bicyclic) bond motifs is 1. The molecule has 2 amide bonds. The van der Waals surface area contributed by atoms with Crippen molar-refractivity contribution in [2.75, 3.05) is 25.5 Å². The number of nitrogens with one attached hydrogen (secondary N) is 1. The molecule has 0 spiro atoms. The van der Waals surface area contributed by atoms with E-state index in [0.717, 1.165) is 42.1 Å². The second-order valence-electron chi connectivity index (χ2n) is 6.84. The average molecular weight is 411 g/mol.